The first-order valence-corrected chi connectivity index (χ1v) is 10.9. The number of rotatable bonds is 7. The van der Waals surface area contributed by atoms with Crippen molar-refractivity contribution in [2.45, 2.75) is 75.2 Å². The molecule has 1 aliphatic carbocycles. The zero-order valence-corrected chi connectivity index (χ0v) is 17.3. The summed E-state index contributed by atoms with van der Waals surface area (Å²) in [6.07, 6.45) is 14.7. The van der Waals surface area contributed by atoms with E-state index in [2.05, 4.69) is 17.1 Å². The average molecular weight is 399 g/mol. The fourth-order valence-electron chi connectivity index (χ4n) is 5.34. The molecular formula is C24H31FN2O2. The molecule has 1 aliphatic heterocycles. The number of pyridine rings is 2. The zero-order chi connectivity index (χ0) is 20.2. The molecule has 2 aliphatic rings. The highest BCUT2D eigenvalue weighted by molar-refractivity contribution is 5.25. The number of hydrogen-bond acceptors (Lipinski definition) is 4. The van der Waals surface area contributed by atoms with Crippen LogP contribution in [0, 0.1) is 5.95 Å². The van der Waals surface area contributed by atoms with Crippen LogP contribution in [0.25, 0.3) is 0 Å². The van der Waals surface area contributed by atoms with E-state index in [9.17, 15) is 4.39 Å². The molecule has 0 N–H and O–H groups in total. The number of unbranched alkanes of at least 4 members (excludes halogenated alkanes) is 1. The van der Waals surface area contributed by atoms with Gasteiger partial charge in [-0.1, -0.05) is 25.3 Å². The maximum atomic E-state index is 13.5. The number of methoxy groups -OCH3 is 1. The molecule has 0 amide bonds. The Bertz CT molecular complexity index is 808. The van der Waals surface area contributed by atoms with E-state index in [1.165, 1.54) is 38.5 Å². The summed E-state index contributed by atoms with van der Waals surface area (Å²) in [6, 6.07) is 8.07. The Morgan fingerprint density at radius 1 is 1.14 bits per heavy atom. The number of aromatic nitrogens is 2. The number of ether oxygens (including phenoxy) is 2. The predicted molar refractivity (Wildman–Crippen MR) is 111 cm³/mol. The van der Waals surface area contributed by atoms with E-state index in [1.54, 1.807) is 12.3 Å². The lowest BCUT2D eigenvalue weighted by Crippen LogP contribution is -2.46. The molecule has 1 saturated carbocycles. The molecule has 3 heterocycles. The van der Waals surface area contributed by atoms with Crippen molar-refractivity contribution < 1.29 is 13.9 Å². The topological polar surface area (TPSA) is 44.2 Å². The molecule has 5 heteroatoms. The minimum absolute atomic E-state index is 0.0595. The first-order chi connectivity index (χ1) is 14.1. The van der Waals surface area contributed by atoms with Gasteiger partial charge in [0, 0.05) is 30.1 Å². The largest absolute Gasteiger partial charge is 0.492 e. The molecule has 1 spiro atoms. The second-order valence-corrected chi connectivity index (χ2v) is 8.70. The number of aryl methyl sites for hydroxylation is 1. The Morgan fingerprint density at radius 2 is 2.00 bits per heavy atom. The minimum atomic E-state index is -0.547. The molecule has 1 atom stereocenters. The standard InChI is InChI=1S/C24H31FN2O2/c1-28-20-16-19(17-27-22(20)25)8-2-4-10-23(21-9-3-7-14-26-21)13-15-29-24(18-23)11-5-6-12-24/h3,7,9,14,16-17H,2,4-6,8,10-13,15,18H2,1H3/t23-/m1/s1. The number of hydrogen-bond donors (Lipinski definition) is 0. The lowest BCUT2D eigenvalue weighted by Gasteiger charge is -2.46. The summed E-state index contributed by atoms with van der Waals surface area (Å²) >= 11 is 0. The van der Waals surface area contributed by atoms with Crippen LogP contribution in [0.2, 0.25) is 0 Å². The Balaban J connectivity index is 1.44. The van der Waals surface area contributed by atoms with Gasteiger partial charge in [0.1, 0.15) is 0 Å². The fourth-order valence-corrected chi connectivity index (χ4v) is 5.34. The zero-order valence-electron chi connectivity index (χ0n) is 17.3. The molecule has 156 valence electrons. The van der Waals surface area contributed by atoms with Gasteiger partial charge in [0.2, 0.25) is 0 Å². The summed E-state index contributed by atoms with van der Waals surface area (Å²) < 4.78 is 24.9. The summed E-state index contributed by atoms with van der Waals surface area (Å²) in [4.78, 5) is 8.58. The van der Waals surface area contributed by atoms with Gasteiger partial charge in [0.25, 0.3) is 5.95 Å². The van der Waals surface area contributed by atoms with E-state index >= 15 is 0 Å². The van der Waals surface area contributed by atoms with E-state index in [4.69, 9.17) is 14.5 Å². The summed E-state index contributed by atoms with van der Waals surface area (Å²) in [5.74, 6) is -0.325. The van der Waals surface area contributed by atoms with Crippen LogP contribution in [0.5, 0.6) is 5.75 Å². The quantitative estimate of drug-likeness (QED) is 0.463. The highest BCUT2D eigenvalue weighted by Crippen LogP contribution is 2.50. The monoisotopic (exact) mass is 398 g/mol. The van der Waals surface area contributed by atoms with Crippen molar-refractivity contribution in [1.29, 1.82) is 0 Å². The van der Waals surface area contributed by atoms with Gasteiger partial charge in [-0.3, -0.25) is 4.98 Å². The number of nitrogens with zero attached hydrogens (tertiary/aromatic N) is 2. The molecule has 29 heavy (non-hydrogen) atoms. The van der Waals surface area contributed by atoms with Crippen LogP contribution in [0.3, 0.4) is 0 Å². The van der Waals surface area contributed by atoms with Gasteiger partial charge in [-0.25, -0.2) is 4.98 Å². The second-order valence-electron chi connectivity index (χ2n) is 8.70. The van der Waals surface area contributed by atoms with Crippen LogP contribution in [-0.2, 0) is 16.6 Å². The smallest absolute Gasteiger partial charge is 0.255 e. The van der Waals surface area contributed by atoms with Crippen LogP contribution < -0.4 is 4.74 Å². The Kier molecular flexibility index (Phi) is 6.14. The van der Waals surface area contributed by atoms with Crippen LogP contribution in [0.4, 0.5) is 4.39 Å². The summed E-state index contributed by atoms with van der Waals surface area (Å²) in [7, 11) is 1.48. The Hall–Kier alpha value is -2.01. The third-order valence-electron chi connectivity index (χ3n) is 6.83. The maximum absolute atomic E-state index is 13.5. The third-order valence-corrected chi connectivity index (χ3v) is 6.83. The van der Waals surface area contributed by atoms with Crippen molar-refractivity contribution >= 4 is 0 Å². The van der Waals surface area contributed by atoms with Crippen molar-refractivity contribution in [2.75, 3.05) is 13.7 Å². The lowest BCUT2D eigenvalue weighted by atomic mass is 9.67. The Morgan fingerprint density at radius 3 is 2.76 bits per heavy atom. The van der Waals surface area contributed by atoms with Crippen molar-refractivity contribution in [2.24, 2.45) is 0 Å². The van der Waals surface area contributed by atoms with Gasteiger partial charge >= 0.3 is 0 Å². The molecule has 1 saturated heterocycles. The van der Waals surface area contributed by atoms with E-state index in [0.717, 1.165) is 50.7 Å². The molecule has 4 nitrogen and oxygen atoms in total. The van der Waals surface area contributed by atoms with E-state index in [0.29, 0.717) is 0 Å². The van der Waals surface area contributed by atoms with E-state index in [-0.39, 0.29) is 16.8 Å². The number of halogens is 1. The molecule has 2 aromatic heterocycles. The van der Waals surface area contributed by atoms with Crippen LogP contribution in [0.15, 0.2) is 36.7 Å². The Labute approximate surface area is 172 Å². The molecule has 2 fully saturated rings. The molecule has 0 aromatic carbocycles. The summed E-state index contributed by atoms with van der Waals surface area (Å²) in [6.45, 7) is 0.829. The summed E-state index contributed by atoms with van der Waals surface area (Å²) in [5, 5.41) is 0. The highest BCUT2D eigenvalue weighted by Gasteiger charge is 2.48. The maximum Gasteiger partial charge on any atom is 0.255 e. The molecule has 2 aromatic rings. The molecule has 0 unspecified atom stereocenters. The highest BCUT2D eigenvalue weighted by atomic mass is 19.1. The van der Waals surface area contributed by atoms with Gasteiger partial charge < -0.3 is 9.47 Å². The fraction of sp³-hybridized carbons (Fsp3) is 0.583. The van der Waals surface area contributed by atoms with Gasteiger partial charge in [-0.2, -0.15) is 4.39 Å². The second kappa shape index (κ2) is 8.78. The van der Waals surface area contributed by atoms with Gasteiger partial charge in [-0.05, 0) is 68.7 Å². The van der Waals surface area contributed by atoms with E-state index in [1.807, 2.05) is 12.3 Å². The molecule has 0 bridgehead atoms. The lowest BCUT2D eigenvalue weighted by molar-refractivity contribution is -0.104. The minimum Gasteiger partial charge on any atom is -0.492 e. The van der Waals surface area contributed by atoms with Crippen molar-refractivity contribution in [3.05, 3.63) is 53.9 Å². The average Bonchev–Trinajstić information content (AvgIpc) is 3.20. The first-order valence-electron chi connectivity index (χ1n) is 10.9. The third kappa shape index (κ3) is 4.45. The van der Waals surface area contributed by atoms with Gasteiger partial charge in [0.05, 0.1) is 12.7 Å². The first kappa shape index (κ1) is 20.3. The van der Waals surface area contributed by atoms with Gasteiger partial charge in [0.15, 0.2) is 5.75 Å². The predicted octanol–water partition coefficient (Wildman–Crippen LogP) is 5.40. The van der Waals surface area contributed by atoms with E-state index < -0.39 is 5.95 Å². The van der Waals surface area contributed by atoms with Crippen molar-refractivity contribution in [3.8, 4) is 5.75 Å². The van der Waals surface area contributed by atoms with Crippen LogP contribution >= 0.6 is 0 Å². The SMILES string of the molecule is COc1cc(CCCC[C@@]2(c3ccccn3)CCOC3(CCCC3)C2)cnc1F. The molecule has 0 radical (unpaired) electrons. The normalized spacial score (nSPS) is 23.4. The molecular weight excluding hydrogens is 367 g/mol. The van der Waals surface area contributed by atoms with Crippen LogP contribution in [-0.4, -0.2) is 29.3 Å². The molecule has 4 rings (SSSR count). The van der Waals surface area contributed by atoms with Crippen LogP contribution in [0.1, 0.15) is 69.0 Å². The van der Waals surface area contributed by atoms with Gasteiger partial charge in [-0.15, -0.1) is 0 Å². The summed E-state index contributed by atoms with van der Waals surface area (Å²) in [5.41, 5.74) is 2.40. The van der Waals surface area contributed by atoms with Crippen molar-refractivity contribution in [1.82, 2.24) is 9.97 Å². The van der Waals surface area contributed by atoms with Crippen molar-refractivity contribution in [3.63, 3.8) is 0 Å².